The van der Waals surface area contributed by atoms with E-state index in [1.165, 1.54) is 5.56 Å². The fraction of sp³-hybridized carbons (Fsp3) is 0.188. The summed E-state index contributed by atoms with van der Waals surface area (Å²) in [5.41, 5.74) is 3.04. The highest BCUT2D eigenvalue weighted by atomic mass is 32.1. The van der Waals surface area contributed by atoms with Gasteiger partial charge in [0, 0.05) is 17.0 Å². The lowest BCUT2D eigenvalue weighted by atomic mass is 10.1. The Morgan fingerprint density at radius 1 is 1.11 bits per heavy atom. The van der Waals surface area contributed by atoms with Gasteiger partial charge in [0.05, 0.1) is 0 Å². The Morgan fingerprint density at radius 2 is 1.79 bits per heavy atom. The number of carbonyl (C=O) groups is 1. The van der Waals surface area contributed by atoms with Crippen molar-refractivity contribution < 1.29 is 4.79 Å². The lowest BCUT2D eigenvalue weighted by Gasteiger charge is -2.06. The minimum atomic E-state index is -0.0736. The van der Waals surface area contributed by atoms with E-state index in [2.05, 4.69) is 37.0 Å². The standard InChI is InChI=1S/C16H17NOS/c1-2-12-6-8-13(9-7-12)11-17-16(18)14-4-3-5-15(19)10-14/h3-10,19H,2,11H2,1H3,(H,17,18). The number of nitrogens with one attached hydrogen (secondary N) is 1. The van der Waals surface area contributed by atoms with Crippen molar-refractivity contribution in [3.63, 3.8) is 0 Å². The summed E-state index contributed by atoms with van der Waals surface area (Å²) in [4.78, 5) is 12.7. The number of amides is 1. The molecule has 98 valence electrons. The van der Waals surface area contributed by atoms with E-state index >= 15 is 0 Å². The molecule has 0 spiro atoms. The normalized spacial score (nSPS) is 10.2. The molecule has 1 N–H and O–H groups in total. The fourth-order valence-corrected chi connectivity index (χ4v) is 2.05. The summed E-state index contributed by atoms with van der Waals surface area (Å²) in [6, 6.07) is 15.5. The maximum Gasteiger partial charge on any atom is 0.251 e. The molecule has 0 aliphatic heterocycles. The lowest BCUT2D eigenvalue weighted by Crippen LogP contribution is -2.22. The average molecular weight is 271 g/mol. The smallest absolute Gasteiger partial charge is 0.251 e. The molecule has 3 heteroatoms. The van der Waals surface area contributed by atoms with Crippen LogP contribution >= 0.6 is 12.6 Å². The molecule has 1 amide bonds. The molecule has 0 radical (unpaired) electrons. The molecule has 0 saturated carbocycles. The highest BCUT2D eigenvalue weighted by Gasteiger charge is 2.05. The van der Waals surface area contributed by atoms with Crippen molar-refractivity contribution in [3.05, 3.63) is 65.2 Å². The van der Waals surface area contributed by atoms with Crippen LogP contribution in [0.2, 0.25) is 0 Å². The zero-order valence-electron chi connectivity index (χ0n) is 10.9. The van der Waals surface area contributed by atoms with Crippen LogP contribution in [0.25, 0.3) is 0 Å². The van der Waals surface area contributed by atoms with Gasteiger partial charge < -0.3 is 5.32 Å². The summed E-state index contributed by atoms with van der Waals surface area (Å²) in [6.07, 6.45) is 1.03. The van der Waals surface area contributed by atoms with E-state index in [9.17, 15) is 4.79 Å². The molecule has 0 bridgehead atoms. The Hall–Kier alpha value is -1.74. The number of carbonyl (C=O) groups excluding carboxylic acids is 1. The van der Waals surface area contributed by atoms with Crippen molar-refractivity contribution in [2.75, 3.05) is 0 Å². The van der Waals surface area contributed by atoms with Gasteiger partial charge in [-0.3, -0.25) is 4.79 Å². The van der Waals surface area contributed by atoms with Gasteiger partial charge >= 0.3 is 0 Å². The zero-order chi connectivity index (χ0) is 13.7. The first kappa shape index (κ1) is 13.7. The Kier molecular flexibility index (Phi) is 4.63. The maximum absolute atomic E-state index is 11.9. The van der Waals surface area contributed by atoms with Gasteiger partial charge in [0.15, 0.2) is 0 Å². The Morgan fingerprint density at radius 3 is 2.42 bits per heavy atom. The zero-order valence-corrected chi connectivity index (χ0v) is 11.8. The van der Waals surface area contributed by atoms with Crippen LogP contribution < -0.4 is 5.32 Å². The molecule has 0 fully saturated rings. The van der Waals surface area contributed by atoms with Crippen LogP contribution in [0.4, 0.5) is 0 Å². The summed E-state index contributed by atoms with van der Waals surface area (Å²) >= 11 is 4.23. The van der Waals surface area contributed by atoms with Gasteiger partial charge in [0.1, 0.15) is 0 Å². The van der Waals surface area contributed by atoms with Crippen molar-refractivity contribution in [1.82, 2.24) is 5.32 Å². The molecule has 2 aromatic rings. The third kappa shape index (κ3) is 3.86. The monoisotopic (exact) mass is 271 g/mol. The molecule has 2 aromatic carbocycles. The molecular weight excluding hydrogens is 254 g/mol. The summed E-state index contributed by atoms with van der Waals surface area (Å²) in [6.45, 7) is 2.67. The van der Waals surface area contributed by atoms with Crippen molar-refractivity contribution in [1.29, 1.82) is 0 Å². The third-order valence-electron chi connectivity index (χ3n) is 2.99. The molecule has 0 saturated heterocycles. The molecule has 0 atom stereocenters. The second kappa shape index (κ2) is 6.43. The maximum atomic E-state index is 11.9. The molecular formula is C16H17NOS. The molecule has 2 nitrogen and oxygen atoms in total. The predicted molar refractivity (Wildman–Crippen MR) is 80.7 cm³/mol. The Bertz CT molecular complexity index is 563. The van der Waals surface area contributed by atoms with E-state index in [1.54, 1.807) is 12.1 Å². The van der Waals surface area contributed by atoms with E-state index in [4.69, 9.17) is 0 Å². The first-order valence-electron chi connectivity index (χ1n) is 6.34. The number of hydrogen-bond acceptors (Lipinski definition) is 2. The minimum absolute atomic E-state index is 0.0736. The van der Waals surface area contributed by atoms with Gasteiger partial charge in [0.25, 0.3) is 5.91 Å². The number of benzene rings is 2. The van der Waals surface area contributed by atoms with E-state index in [1.807, 2.05) is 24.3 Å². The molecule has 0 unspecified atom stereocenters. The van der Waals surface area contributed by atoms with E-state index in [0.717, 1.165) is 16.9 Å². The van der Waals surface area contributed by atoms with Crippen molar-refractivity contribution in [2.24, 2.45) is 0 Å². The lowest BCUT2D eigenvalue weighted by molar-refractivity contribution is 0.0950. The van der Waals surface area contributed by atoms with E-state index in [-0.39, 0.29) is 5.91 Å². The van der Waals surface area contributed by atoms with Gasteiger partial charge in [-0.1, -0.05) is 37.3 Å². The van der Waals surface area contributed by atoms with Crippen LogP contribution in [0.1, 0.15) is 28.4 Å². The summed E-state index contributed by atoms with van der Waals surface area (Å²) in [7, 11) is 0. The quantitative estimate of drug-likeness (QED) is 0.819. The predicted octanol–water partition coefficient (Wildman–Crippen LogP) is 3.47. The summed E-state index contributed by atoms with van der Waals surface area (Å²) < 4.78 is 0. The van der Waals surface area contributed by atoms with Gasteiger partial charge in [0.2, 0.25) is 0 Å². The van der Waals surface area contributed by atoms with Gasteiger partial charge in [-0.2, -0.15) is 0 Å². The van der Waals surface area contributed by atoms with Gasteiger partial charge in [-0.05, 0) is 35.7 Å². The second-order valence-electron chi connectivity index (χ2n) is 4.40. The van der Waals surface area contributed by atoms with Crippen molar-refractivity contribution >= 4 is 18.5 Å². The topological polar surface area (TPSA) is 29.1 Å². The second-order valence-corrected chi connectivity index (χ2v) is 4.92. The largest absolute Gasteiger partial charge is 0.348 e. The van der Waals surface area contributed by atoms with Gasteiger partial charge in [-0.15, -0.1) is 12.6 Å². The Labute approximate surface area is 119 Å². The summed E-state index contributed by atoms with van der Waals surface area (Å²) in [5, 5.41) is 2.91. The number of thiol groups is 1. The van der Waals surface area contributed by atoms with E-state index in [0.29, 0.717) is 12.1 Å². The highest BCUT2D eigenvalue weighted by molar-refractivity contribution is 7.80. The minimum Gasteiger partial charge on any atom is -0.348 e. The first-order chi connectivity index (χ1) is 9.19. The molecule has 0 aliphatic carbocycles. The molecule has 19 heavy (non-hydrogen) atoms. The third-order valence-corrected chi connectivity index (χ3v) is 3.27. The molecule has 2 rings (SSSR count). The SMILES string of the molecule is CCc1ccc(CNC(=O)c2cccc(S)c2)cc1. The number of rotatable bonds is 4. The van der Waals surface area contributed by atoms with Crippen LogP contribution in [0.5, 0.6) is 0 Å². The van der Waals surface area contributed by atoms with Crippen molar-refractivity contribution in [3.8, 4) is 0 Å². The van der Waals surface area contributed by atoms with Crippen molar-refractivity contribution in [2.45, 2.75) is 24.8 Å². The molecule has 0 heterocycles. The molecule has 0 aliphatic rings. The van der Waals surface area contributed by atoms with E-state index < -0.39 is 0 Å². The van der Waals surface area contributed by atoms with Crippen LogP contribution in [-0.2, 0) is 13.0 Å². The number of aryl methyl sites for hydroxylation is 1. The van der Waals surface area contributed by atoms with Crippen LogP contribution in [0, 0.1) is 0 Å². The Balaban J connectivity index is 1.96. The highest BCUT2D eigenvalue weighted by Crippen LogP contribution is 2.09. The summed E-state index contributed by atoms with van der Waals surface area (Å²) in [5.74, 6) is -0.0736. The fourth-order valence-electron chi connectivity index (χ4n) is 1.82. The molecule has 0 aromatic heterocycles. The van der Waals surface area contributed by atoms with Crippen LogP contribution in [-0.4, -0.2) is 5.91 Å². The average Bonchev–Trinajstić information content (AvgIpc) is 2.45. The van der Waals surface area contributed by atoms with Crippen LogP contribution in [0.15, 0.2) is 53.4 Å². The van der Waals surface area contributed by atoms with Crippen LogP contribution in [0.3, 0.4) is 0 Å². The van der Waals surface area contributed by atoms with Gasteiger partial charge in [-0.25, -0.2) is 0 Å². The first-order valence-corrected chi connectivity index (χ1v) is 6.79. The number of hydrogen-bond donors (Lipinski definition) is 2.